The van der Waals surface area contributed by atoms with Crippen LogP contribution in [0.2, 0.25) is 0 Å². The highest BCUT2D eigenvalue weighted by molar-refractivity contribution is 7.80. The molecule has 1 aliphatic rings. The molecule has 1 aliphatic heterocycles. The number of benzene rings is 2. The first kappa shape index (κ1) is 25.1. The normalized spacial score (nSPS) is 16.8. The van der Waals surface area contributed by atoms with Crippen LogP contribution in [-0.4, -0.2) is 43.1 Å². The lowest BCUT2D eigenvalue weighted by atomic mass is 10.0. The fourth-order valence-corrected chi connectivity index (χ4v) is 4.94. The molecule has 2 aromatic heterocycles. The van der Waals surface area contributed by atoms with Crippen LogP contribution in [0.1, 0.15) is 40.3 Å². The molecule has 8 nitrogen and oxygen atoms in total. The van der Waals surface area contributed by atoms with Gasteiger partial charge in [-0.25, -0.2) is 9.18 Å². The molecule has 1 saturated heterocycles. The van der Waals surface area contributed by atoms with Crippen molar-refractivity contribution < 1.29 is 19.1 Å². The predicted octanol–water partition coefficient (Wildman–Crippen LogP) is 4.71. The zero-order chi connectivity index (χ0) is 26.6. The van der Waals surface area contributed by atoms with E-state index in [0.717, 1.165) is 11.4 Å². The molecule has 4 aromatic rings. The third-order valence-electron chi connectivity index (χ3n) is 6.36. The van der Waals surface area contributed by atoms with Crippen molar-refractivity contribution in [1.82, 2.24) is 19.8 Å². The lowest BCUT2D eigenvalue weighted by Crippen LogP contribution is -2.33. The Balaban J connectivity index is 1.45. The Hall–Kier alpha value is -4.57. The largest absolute Gasteiger partial charge is 0.478 e. The minimum Gasteiger partial charge on any atom is -0.478 e. The number of nitrogens with one attached hydrogen (secondary N) is 2. The number of anilines is 1. The van der Waals surface area contributed by atoms with Crippen LogP contribution in [0, 0.1) is 5.82 Å². The molecule has 3 heterocycles. The topological polar surface area (TPSA) is 99.5 Å². The summed E-state index contributed by atoms with van der Waals surface area (Å²) in [6, 6.07) is 21.1. The fourth-order valence-electron chi connectivity index (χ4n) is 4.61. The predicted molar refractivity (Wildman–Crippen MR) is 145 cm³/mol. The molecular formula is C28H24FN5O3S. The fraction of sp³-hybridized carbons (Fsp3) is 0.143. The van der Waals surface area contributed by atoms with Gasteiger partial charge in [-0.3, -0.25) is 9.78 Å². The molecule has 38 heavy (non-hydrogen) atoms. The molecule has 0 bridgehead atoms. The molecule has 0 spiro atoms. The second-order valence-electron chi connectivity index (χ2n) is 8.78. The molecule has 0 radical (unpaired) electrons. The van der Waals surface area contributed by atoms with Crippen molar-refractivity contribution in [3.8, 4) is 5.69 Å². The number of carbonyl (C=O) groups is 2. The van der Waals surface area contributed by atoms with Crippen LogP contribution in [0.25, 0.3) is 5.69 Å². The van der Waals surface area contributed by atoms with Gasteiger partial charge in [0.15, 0.2) is 5.11 Å². The van der Waals surface area contributed by atoms with Gasteiger partial charge in [0.1, 0.15) is 5.82 Å². The molecule has 5 rings (SSSR count). The molecule has 0 aliphatic carbocycles. The summed E-state index contributed by atoms with van der Waals surface area (Å²) < 4.78 is 15.1. The Bertz CT molecular complexity index is 1480. The van der Waals surface area contributed by atoms with E-state index in [0.29, 0.717) is 23.0 Å². The van der Waals surface area contributed by atoms with E-state index in [1.54, 1.807) is 24.4 Å². The summed E-state index contributed by atoms with van der Waals surface area (Å²) in [7, 11) is 0. The summed E-state index contributed by atoms with van der Waals surface area (Å²) in [5.74, 6) is -1.62. The van der Waals surface area contributed by atoms with Gasteiger partial charge in [-0.05, 0) is 78.9 Å². The molecule has 3 N–H and O–H groups in total. The summed E-state index contributed by atoms with van der Waals surface area (Å²) in [5, 5.41) is 16.1. The molecule has 2 atom stereocenters. The van der Waals surface area contributed by atoms with Crippen LogP contribution >= 0.6 is 12.2 Å². The van der Waals surface area contributed by atoms with Gasteiger partial charge in [0.2, 0.25) is 5.91 Å². The van der Waals surface area contributed by atoms with Crippen LogP contribution < -0.4 is 10.6 Å². The number of nitrogens with zero attached hydrogens (tertiary/aromatic N) is 3. The summed E-state index contributed by atoms with van der Waals surface area (Å²) in [6.45, 7) is 0.313. The molecule has 2 aromatic carbocycles. The Kier molecular flexibility index (Phi) is 7.14. The highest BCUT2D eigenvalue weighted by Gasteiger charge is 2.41. The van der Waals surface area contributed by atoms with Crippen molar-refractivity contribution in [2.45, 2.75) is 18.5 Å². The zero-order valence-corrected chi connectivity index (χ0v) is 20.9. The number of aromatic nitrogens is 2. The molecule has 0 saturated carbocycles. The Morgan fingerprint density at radius 3 is 2.61 bits per heavy atom. The molecule has 0 unspecified atom stereocenters. The van der Waals surface area contributed by atoms with Gasteiger partial charge in [0.05, 0.1) is 23.3 Å². The van der Waals surface area contributed by atoms with Gasteiger partial charge in [-0.2, -0.15) is 0 Å². The maximum Gasteiger partial charge on any atom is 0.335 e. The Morgan fingerprint density at radius 2 is 1.87 bits per heavy atom. The summed E-state index contributed by atoms with van der Waals surface area (Å²) in [5.41, 5.74) is 3.02. The van der Waals surface area contributed by atoms with E-state index in [4.69, 9.17) is 12.2 Å². The van der Waals surface area contributed by atoms with Crippen molar-refractivity contribution >= 4 is 34.9 Å². The van der Waals surface area contributed by atoms with Crippen molar-refractivity contribution in [3.63, 3.8) is 0 Å². The SMILES string of the molecule is O=C(CCN1C(=S)N[C@H](c2ccccn2)[C@@H]1c1cccn1-c1cccc(C(=O)O)c1)Nc1ccc(F)cc1. The number of pyridine rings is 1. The van der Waals surface area contributed by atoms with Crippen molar-refractivity contribution in [2.75, 3.05) is 11.9 Å². The first-order valence-electron chi connectivity index (χ1n) is 11.9. The Morgan fingerprint density at radius 1 is 1.05 bits per heavy atom. The van der Waals surface area contributed by atoms with E-state index in [2.05, 4.69) is 15.6 Å². The smallest absolute Gasteiger partial charge is 0.335 e. The number of hydrogen-bond donors (Lipinski definition) is 3. The number of carboxylic acid groups (broad SMARTS) is 1. The minimum atomic E-state index is -1.01. The van der Waals surface area contributed by atoms with Crippen LogP contribution in [-0.2, 0) is 4.79 Å². The van der Waals surface area contributed by atoms with E-state index in [1.165, 1.54) is 24.3 Å². The number of carbonyl (C=O) groups excluding carboxylic acids is 1. The van der Waals surface area contributed by atoms with Crippen LogP contribution in [0.5, 0.6) is 0 Å². The Labute approximate surface area is 223 Å². The highest BCUT2D eigenvalue weighted by Crippen LogP contribution is 2.39. The zero-order valence-electron chi connectivity index (χ0n) is 20.1. The molecule has 1 fully saturated rings. The molecule has 192 valence electrons. The number of hydrogen-bond acceptors (Lipinski definition) is 4. The lowest BCUT2D eigenvalue weighted by Gasteiger charge is -2.29. The monoisotopic (exact) mass is 529 g/mol. The maximum atomic E-state index is 13.2. The van der Waals surface area contributed by atoms with Gasteiger partial charge >= 0.3 is 5.97 Å². The van der Waals surface area contributed by atoms with Gasteiger partial charge in [0, 0.05) is 42.4 Å². The number of thiocarbonyl (C=S) groups is 1. The average Bonchev–Trinajstić information content (AvgIpc) is 3.53. The van der Waals surface area contributed by atoms with Gasteiger partial charge in [0.25, 0.3) is 0 Å². The highest BCUT2D eigenvalue weighted by atomic mass is 32.1. The van der Waals surface area contributed by atoms with Crippen LogP contribution in [0.15, 0.2) is 91.3 Å². The van der Waals surface area contributed by atoms with Gasteiger partial charge in [-0.15, -0.1) is 0 Å². The third kappa shape index (κ3) is 5.25. The van der Waals surface area contributed by atoms with Gasteiger partial charge < -0.3 is 25.2 Å². The van der Waals surface area contributed by atoms with Gasteiger partial charge in [-0.1, -0.05) is 12.1 Å². The molecule has 10 heteroatoms. The summed E-state index contributed by atoms with van der Waals surface area (Å²) in [4.78, 5) is 30.8. The number of carboxylic acids is 1. The standard InChI is InChI=1S/C28H24FN5O3S/c29-19-9-11-20(12-10-19)31-24(35)13-16-34-26(25(32-28(34)38)22-7-1-2-14-30-22)23-8-4-15-33(23)21-6-3-5-18(17-21)27(36)37/h1-12,14-15,17,25-26H,13,16H2,(H,31,35)(H,32,38)(H,36,37)/t25-,26+/m1/s1. The quantitative estimate of drug-likeness (QED) is 0.284. The minimum absolute atomic E-state index is 0.139. The summed E-state index contributed by atoms with van der Waals surface area (Å²) >= 11 is 5.71. The first-order chi connectivity index (χ1) is 18.4. The van der Waals surface area contributed by atoms with Crippen LogP contribution in [0.3, 0.4) is 0 Å². The number of aromatic carboxylic acids is 1. The maximum absolute atomic E-state index is 13.2. The number of rotatable bonds is 8. The first-order valence-corrected chi connectivity index (χ1v) is 12.4. The average molecular weight is 530 g/mol. The number of amides is 1. The van der Waals surface area contributed by atoms with E-state index in [9.17, 15) is 19.1 Å². The van der Waals surface area contributed by atoms with E-state index in [1.807, 2.05) is 52.1 Å². The second-order valence-corrected chi connectivity index (χ2v) is 9.17. The van der Waals surface area contributed by atoms with Crippen molar-refractivity contribution in [1.29, 1.82) is 0 Å². The van der Waals surface area contributed by atoms with E-state index >= 15 is 0 Å². The molecular weight excluding hydrogens is 505 g/mol. The lowest BCUT2D eigenvalue weighted by molar-refractivity contribution is -0.116. The van der Waals surface area contributed by atoms with E-state index < -0.39 is 5.97 Å². The third-order valence-corrected chi connectivity index (χ3v) is 6.71. The van der Waals surface area contributed by atoms with Crippen LogP contribution in [0.4, 0.5) is 10.1 Å². The molecule has 1 amide bonds. The second kappa shape index (κ2) is 10.8. The van der Waals surface area contributed by atoms with Crippen molar-refractivity contribution in [3.05, 3.63) is 114 Å². The van der Waals surface area contributed by atoms with E-state index in [-0.39, 0.29) is 35.8 Å². The summed E-state index contributed by atoms with van der Waals surface area (Å²) in [6.07, 6.45) is 3.72. The number of halogens is 1. The van der Waals surface area contributed by atoms with Crippen molar-refractivity contribution in [2.24, 2.45) is 0 Å².